The molecule has 0 atom stereocenters. The summed E-state index contributed by atoms with van der Waals surface area (Å²) in [5.41, 5.74) is -0.00223. The van der Waals surface area contributed by atoms with Crippen molar-refractivity contribution in [3.63, 3.8) is 0 Å². The zero-order valence-corrected chi connectivity index (χ0v) is 19.1. The third-order valence-electron chi connectivity index (χ3n) is 6.00. The quantitative estimate of drug-likeness (QED) is 0.620. The fourth-order valence-electron chi connectivity index (χ4n) is 3.96. The number of nitrogens with one attached hydrogen (secondary N) is 2. The summed E-state index contributed by atoms with van der Waals surface area (Å²) in [5.74, 6) is 0.297. The van der Waals surface area contributed by atoms with Crippen LogP contribution in [0.3, 0.4) is 0 Å². The molecule has 0 unspecified atom stereocenters. The van der Waals surface area contributed by atoms with Gasteiger partial charge in [0.05, 0.1) is 16.0 Å². The van der Waals surface area contributed by atoms with Crippen LogP contribution < -0.4 is 14.9 Å². The van der Waals surface area contributed by atoms with Gasteiger partial charge in [0.25, 0.3) is 0 Å². The molecule has 0 radical (unpaired) electrons. The van der Waals surface area contributed by atoms with Gasteiger partial charge in [-0.2, -0.15) is 13.2 Å². The predicted molar refractivity (Wildman–Crippen MR) is 119 cm³/mol. The van der Waals surface area contributed by atoms with Gasteiger partial charge in [-0.15, -0.1) is 0 Å². The van der Waals surface area contributed by atoms with E-state index in [1.165, 1.54) is 12.1 Å². The lowest BCUT2D eigenvalue weighted by Gasteiger charge is -2.31. The zero-order valence-electron chi connectivity index (χ0n) is 18.3. The molecular formula is C22H32F3N3O2S. The number of nitrogens with zero attached hydrogens (tertiary/aromatic N) is 1. The number of benzene rings is 1. The number of alkyl halides is 3. The summed E-state index contributed by atoms with van der Waals surface area (Å²) < 4.78 is 67.4. The molecule has 0 amide bonds. The minimum atomic E-state index is -4.42. The molecule has 1 heterocycles. The minimum Gasteiger partial charge on any atom is -0.385 e. The second-order valence-electron chi connectivity index (χ2n) is 9.43. The van der Waals surface area contributed by atoms with Gasteiger partial charge in [-0.1, -0.05) is 6.08 Å². The van der Waals surface area contributed by atoms with Crippen molar-refractivity contribution in [3.8, 4) is 0 Å². The molecule has 1 saturated carbocycles. The first-order chi connectivity index (χ1) is 14.4. The highest BCUT2D eigenvalue weighted by Gasteiger charge is 2.36. The van der Waals surface area contributed by atoms with Crippen molar-refractivity contribution >= 4 is 21.4 Å². The second-order valence-corrected chi connectivity index (χ2v) is 11.9. The molecule has 1 aromatic rings. The Morgan fingerprint density at radius 2 is 1.77 bits per heavy atom. The van der Waals surface area contributed by atoms with E-state index in [1.54, 1.807) is 37.9 Å². The van der Waals surface area contributed by atoms with Crippen LogP contribution in [0.5, 0.6) is 0 Å². The summed E-state index contributed by atoms with van der Waals surface area (Å²) in [6.07, 6.45) is 3.00. The summed E-state index contributed by atoms with van der Waals surface area (Å²) >= 11 is 0. The van der Waals surface area contributed by atoms with E-state index in [1.807, 2.05) is 6.08 Å². The normalized spacial score (nSPS) is 22.7. The Bertz CT molecular complexity index is 900. The van der Waals surface area contributed by atoms with Gasteiger partial charge < -0.3 is 10.2 Å². The lowest BCUT2D eigenvalue weighted by Crippen LogP contribution is -2.46. The Hall–Kier alpha value is -1.74. The highest BCUT2D eigenvalue weighted by atomic mass is 32.2. The van der Waals surface area contributed by atoms with E-state index in [9.17, 15) is 21.6 Å². The second kappa shape index (κ2) is 9.02. The number of halogens is 3. The molecule has 9 heteroatoms. The fraction of sp³-hybridized carbons (Fsp3) is 0.636. The van der Waals surface area contributed by atoms with Crippen molar-refractivity contribution in [2.45, 2.75) is 69.8 Å². The molecule has 0 aromatic heterocycles. The SMILES string of the molecule is CC(C)(C)S(=O)(=O)N[C@H]1CC[C@H](CNc2ccc(N3C=CCC3)c(C(F)(F)F)c2)CC1. The molecule has 0 bridgehead atoms. The van der Waals surface area contributed by atoms with Gasteiger partial charge in [0, 0.05) is 31.0 Å². The van der Waals surface area contributed by atoms with Crippen molar-refractivity contribution in [2.75, 3.05) is 23.3 Å². The Kier molecular flexibility index (Phi) is 6.96. The largest absolute Gasteiger partial charge is 0.418 e. The molecule has 3 rings (SSSR count). The maximum Gasteiger partial charge on any atom is 0.418 e. The molecule has 0 saturated heterocycles. The monoisotopic (exact) mass is 459 g/mol. The van der Waals surface area contributed by atoms with Crippen LogP contribution in [0.15, 0.2) is 30.5 Å². The van der Waals surface area contributed by atoms with E-state index >= 15 is 0 Å². The Labute approximate surface area is 183 Å². The fourth-order valence-corrected chi connectivity index (χ4v) is 4.99. The molecule has 1 aromatic carbocycles. The first kappa shape index (κ1) is 23.9. The van der Waals surface area contributed by atoms with E-state index in [2.05, 4.69) is 10.0 Å². The van der Waals surface area contributed by atoms with Crippen molar-refractivity contribution in [1.29, 1.82) is 0 Å². The van der Waals surface area contributed by atoms with Crippen LogP contribution in [-0.4, -0.2) is 32.3 Å². The number of rotatable bonds is 6. The van der Waals surface area contributed by atoms with Crippen molar-refractivity contribution in [2.24, 2.45) is 5.92 Å². The molecule has 174 valence electrons. The van der Waals surface area contributed by atoms with Crippen molar-refractivity contribution in [1.82, 2.24) is 4.72 Å². The van der Waals surface area contributed by atoms with Crippen molar-refractivity contribution < 1.29 is 21.6 Å². The van der Waals surface area contributed by atoms with Crippen LogP contribution >= 0.6 is 0 Å². The van der Waals surface area contributed by atoms with E-state index in [0.717, 1.165) is 32.1 Å². The number of hydrogen-bond acceptors (Lipinski definition) is 4. The summed E-state index contributed by atoms with van der Waals surface area (Å²) in [5, 5.41) is 3.16. The molecule has 31 heavy (non-hydrogen) atoms. The van der Waals surface area contributed by atoms with Gasteiger partial charge in [-0.05, 0) is 77.0 Å². The van der Waals surface area contributed by atoms with Crippen LogP contribution in [-0.2, 0) is 16.2 Å². The zero-order chi connectivity index (χ0) is 22.9. The Morgan fingerprint density at radius 1 is 1.10 bits per heavy atom. The van der Waals surface area contributed by atoms with Crippen LogP contribution in [0.2, 0.25) is 0 Å². The molecule has 1 aliphatic carbocycles. The average Bonchev–Trinajstić information content (AvgIpc) is 3.20. The first-order valence-electron chi connectivity index (χ1n) is 10.8. The van der Waals surface area contributed by atoms with E-state index in [-0.39, 0.29) is 11.7 Å². The average molecular weight is 460 g/mol. The number of hydrogen-bond donors (Lipinski definition) is 2. The maximum atomic E-state index is 13.6. The number of anilines is 2. The molecular weight excluding hydrogens is 427 g/mol. The summed E-state index contributed by atoms with van der Waals surface area (Å²) in [6.45, 7) is 6.14. The third-order valence-corrected chi connectivity index (χ3v) is 8.26. The lowest BCUT2D eigenvalue weighted by molar-refractivity contribution is -0.137. The van der Waals surface area contributed by atoms with Gasteiger partial charge in [-0.3, -0.25) is 0 Å². The molecule has 0 spiro atoms. The Balaban J connectivity index is 1.57. The lowest BCUT2D eigenvalue weighted by atomic mass is 9.86. The standard InChI is InChI=1S/C22H32F3N3O2S/c1-21(2,3)31(29,30)27-17-8-6-16(7-9-17)15-26-18-10-11-20(28-12-4-5-13-28)19(14-18)22(23,24)25/h4,10-12,14,16-17,26-27H,5-9,13,15H2,1-3H3/t16-,17-. The molecule has 1 fully saturated rings. The summed E-state index contributed by atoms with van der Waals surface area (Å²) in [4.78, 5) is 1.63. The van der Waals surface area contributed by atoms with Gasteiger partial charge in [0.1, 0.15) is 0 Å². The molecule has 2 N–H and O–H groups in total. The molecule has 5 nitrogen and oxygen atoms in total. The maximum absolute atomic E-state index is 13.6. The van der Waals surface area contributed by atoms with E-state index in [0.29, 0.717) is 24.7 Å². The van der Waals surface area contributed by atoms with Gasteiger partial charge in [0.15, 0.2) is 0 Å². The third kappa shape index (κ3) is 5.94. The van der Waals surface area contributed by atoms with Crippen LogP contribution in [0, 0.1) is 5.92 Å². The van der Waals surface area contributed by atoms with Gasteiger partial charge >= 0.3 is 6.18 Å². The highest BCUT2D eigenvalue weighted by Crippen LogP contribution is 2.39. The first-order valence-corrected chi connectivity index (χ1v) is 12.3. The summed E-state index contributed by atoms with van der Waals surface area (Å²) in [6, 6.07) is 4.33. The molecule has 2 aliphatic rings. The summed E-state index contributed by atoms with van der Waals surface area (Å²) in [7, 11) is -3.38. The van der Waals surface area contributed by atoms with Crippen LogP contribution in [0.4, 0.5) is 24.5 Å². The highest BCUT2D eigenvalue weighted by molar-refractivity contribution is 7.90. The van der Waals surface area contributed by atoms with E-state index < -0.39 is 26.5 Å². The molecule has 1 aliphatic heterocycles. The van der Waals surface area contributed by atoms with Gasteiger partial charge in [0.2, 0.25) is 10.0 Å². The Morgan fingerprint density at radius 3 is 2.32 bits per heavy atom. The predicted octanol–water partition coefficient (Wildman–Crippen LogP) is 5.12. The minimum absolute atomic E-state index is 0.0786. The van der Waals surface area contributed by atoms with Crippen LogP contribution in [0.1, 0.15) is 58.4 Å². The van der Waals surface area contributed by atoms with Gasteiger partial charge in [-0.25, -0.2) is 13.1 Å². The topological polar surface area (TPSA) is 61.4 Å². The van der Waals surface area contributed by atoms with E-state index in [4.69, 9.17) is 0 Å². The van der Waals surface area contributed by atoms with Crippen molar-refractivity contribution in [3.05, 3.63) is 36.0 Å². The van der Waals surface area contributed by atoms with Crippen LogP contribution in [0.25, 0.3) is 0 Å². The number of sulfonamides is 1. The smallest absolute Gasteiger partial charge is 0.385 e.